The Hall–Kier alpha value is -0.870. The predicted molar refractivity (Wildman–Crippen MR) is 60.1 cm³/mol. The smallest absolute Gasteiger partial charge is 0.258 e. The van der Waals surface area contributed by atoms with Gasteiger partial charge in [-0.1, -0.05) is 11.6 Å². The third-order valence-corrected chi connectivity index (χ3v) is 3.11. The van der Waals surface area contributed by atoms with Gasteiger partial charge in [0.15, 0.2) is 0 Å². The molecule has 4 nitrogen and oxygen atoms in total. The van der Waals surface area contributed by atoms with Gasteiger partial charge in [-0.15, -0.1) is 0 Å². The molecular weight excluding hydrogens is 318 g/mol. The lowest BCUT2D eigenvalue weighted by Crippen LogP contribution is -1.96. The summed E-state index contributed by atoms with van der Waals surface area (Å²) in [4.78, 5) is 10.1. The molecule has 0 aromatic heterocycles. The van der Waals surface area contributed by atoms with E-state index in [1.807, 2.05) is 28.7 Å². The summed E-state index contributed by atoms with van der Waals surface area (Å²) in [6.45, 7) is 0. The van der Waals surface area contributed by atoms with Crippen LogP contribution in [0.15, 0.2) is 12.1 Å². The third-order valence-electron chi connectivity index (χ3n) is 1.59. The van der Waals surface area contributed by atoms with Gasteiger partial charge in [0.2, 0.25) is 0 Å². The Morgan fingerprint density at radius 1 is 1.64 bits per heavy atom. The van der Waals surface area contributed by atoms with Gasteiger partial charge in [-0.3, -0.25) is 10.1 Å². The molecule has 0 fully saturated rings. The summed E-state index contributed by atoms with van der Waals surface area (Å²) in [6, 6.07) is 4.69. The fraction of sp³-hybridized carbons (Fsp3) is 0.125. The lowest BCUT2D eigenvalue weighted by molar-refractivity contribution is -0.385. The van der Waals surface area contributed by atoms with Crippen LogP contribution in [0.5, 0.6) is 0 Å². The minimum Gasteiger partial charge on any atom is -0.258 e. The number of rotatable bonds is 2. The van der Waals surface area contributed by atoms with Crippen molar-refractivity contribution in [3.05, 3.63) is 36.4 Å². The first kappa shape index (κ1) is 11.2. The summed E-state index contributed by atoms with van der Waals surface area (Å²) in [7, 11) is 0. The molecule has 0 N–H and O–H groups in total. The second kappa shape index (κ2) is 4.57. The molecule has 72 valence electrons. The Labute approximate surface area is 98.8 Å². The monoisotopic (exact) mass is 322 g/mol. The number of hydrogen-bond donors (Lipinski definition) is 0. The number of nitro groups is 1. The molecular formula is C8H4ClIN2O2. The van der Waals surface area contributed by atoms with Crippen molar-refractivity contribution in [2.45, 2.75) is 6.42 Å². The Bertz CT molecular complexity index is 428. The van der Waals surface area contributed by atoms with Crippen LogP contribution >= 0.6 is 34.2 Å². The number of nitro benzene ring substituents is 1. The first-order valence-electron chi connectivity index (χ1n) is 3.55. The number of nitrogens with zero attached hydrogens (tertiary/aromatic N) is 2. The van der Waals surface area contributed by atoms with Crippen LogP contribution in [0.25, 0.3) is 0 Å². The zero-order valence-corrected chi connectivity index (χ0v) is 9.74. The van der Waals surface area contributed by atoms with Gasteiger partial charge in [0.05, 0.1) is 22.4 Å². The van der Waals surface area contributed by atoms with Crippen LogP contribution in [0.4, 0.5) is 5.69 Å². The van der Waals surface area contributed by atoms with Crippen molar-refractivity contribution < 1.29 is 4.92 Å². The molecule has 1 aromatic rings. The molecule has 0 heterocycles. The van der Waals surface area contributed by atoms with Crippen molar-refractivity contribution in [2.75, 3.05) is 0 Å². The summed E-state index contributed by atoms with van der Waals surface area (Å²) >= 11 is 7.70. The Kier molecular flexibility index (Phi) is 3.66. The molecule has 14 heavy (non-hydrogen) atoms. The molecule has 0 unspecified atom stereocenters. The zero-order valence-electron chi connectivity index (χ0n) is 6.83. The van der Waals surface area contributed by atoms with Gasteiger partial charge >= 0.3 is 0 Å². The SMILES string of the molecule is N#CCc1cc(Cl)c(I)cc1[N+](=O)[O-]. The van der Waals surface area contributed by atoms with Crippen LogP contribution in [-0.2, 0) is 6.42 Å². The van der Waals surface area contributed by atoms with E-state index in [0.29, 0.717) is 14.2 Å². The second-order valence-corrected chi connectivity index (χ2v) is 4.06. The van der Waals surface area contributed by atoms with Gasteiger partial charge in [-0.25, -0.2) is 0 Å². The maximum absolute atomic E-state index is 10.6. The third kappa shape index (κ3) is 2.33. The van der Waals surface area contributed by atoms with Crippen LogP contribution in [-0.4, -0.2) is 4.92 Å². The second-order valence-electron chi connectivity index (χ2n) is 2.49. The molecule has 1 aromatic carbocycles. The highest BCUT2D eigenvalue weighted by Crippen LogP contribution is 2.28. The van der Waals surface area contributed by atoms with Crippen LogP contribution in [0, 0.1) is 25.0 Å². The molecule has 1 rings (SSSR count). The van der Waals surface area contributed by atoms with Crippen molar-refractivity contribution in [1.29, 1.82) is 5.26 Å². The van der Waals surface area contributed by atoms with Crippen LogP contribution in [0.3, 0.4) is 0 Å². The van der Waals surface area contributed by atoms with E-state index >= 15 is 0 Å². The zero-order chi connectivity index (χ0) is 10.7. The van der Waals surface area contributed by atoms with Gasteiger partial charge in [0.25, 0.3) is 5.69 Å². The minimum absolute atomic E-state index is 0.00699. The molecule has 0 saturated carbocycles. The van der Waals surface area contributed by atoms with E-state index in [-0.39, 0.29) is 12.1 Å². The normalized spacial score (nSPS) is 9.50. The Morgan fingerprint density at radius 2 is 2.29 bits per heavy atom. The maximum Gasteiger partial charge on any atom is 0.274 e. The molecule has 0 aliphatic heterocycles. The predicted octanol–water partition coefficient (Wildman–Crippen LogP) is 2.92. The van der Waals surface area contributed by atoms with E-state index in [1.165, 1.54) is 12.1 Å². The first-order chi connectivity index (χ1) is 6.56. The molecule has 0 bridgehead atoms. The molecule has 0 aliphatic carbocycles. The molecule has 0 saturated heterocycles. The number of nitriles is 1. The molecule has 0 atom stereocenters. The van der Waals surface area contributed by atoms with Gasteiger partial charge in [-0.2, -0.15) is 5.26 Å². The van der Waals surface area contributed by atoms with Crippen LogP contribution in [0.2, 0.25) is 5.02 Å². The van der Waals surface area contributed by atoms with Gasteiger partial charge in [0.1, 0.15) is 0 Å². The number of halogens is 2. The summed E-state index contributed by atoms with van der Waals surface area (Å²) in [6.07, 6.45) is -0.00699. The van der Waals surface area contributed by atoms with E-state index in [2.05, 4.69) is 0 Å². The van der Waals surface area contributed by atoms with Crippen molar-refractivity contribution in [3.63, 3.8) is 0 Å². The van der Waals surface area contributed by atoms with Gasteiger partial charge < -0.3 is 0 Å². The Morgan fingerprint density at radius 3 is 2.79 bits per heavy atom. The maximum atomic E-state index is 10.6. The van der Waals surface area contributed by atoms with Gasteiger partial charge in [-0.05, 0) is 28.7 Å². The number of hydrogen-bond acceptors (Lipinski definition) is 3. The molecule has 0 radical (unpaired) electrons. The fourth-order valence-corrected chi connectivity index (χ4v) is 1.61. The van der Waals surface area contributed by atoms with Gasteiger partial charge in [0, 0.05) is 15.2 Å². The van der Waals surface area contributed by atoms with Crippen LogP contribution < -0.4 is 0 Å². The highest BCUT2D eigenvalue weighted by atomic mass is 127. The minimum atomic E-state index is -0.509. The first-order valence-corrected chi connectivity index (χ1v) is 5.01. The van der Waals surface area contributed by atoms with Crippen molar-refractivity contribution in [1.82, 2.24) is 0 Å². The molecule has 6 heteroatoms. The standard InChI is InChI=1S/C8H4ClIN2O2/c9-6-3-5(1-2-11)8(12(13)14)4-7(6)10/h3-4H,1H2. The quantitative estimate of drug-likeness (QED) is 0.477. The fourth-order valence-electron chi connectivity index (χ4n) is 0.974. The Balaban J connectivity index is 3.32. The lowest BCUT2D eigenvalue weighted by Gasteiger charge is -2.01. The largest absolute Gasteiger partial charge is 0.274 e. The molecule has 0 aliphatic rings. The average molecular weight is 322 g/mol. The van der Waals surface area contributed by atoms with Crippen LogP contribution in [0.1, 0.15) is 5.56 Å². The van der Waals surface area contributed by atoms with Crippen molar-refractivity contribution in [2.24, 2.45) is 0 Å². The highest BCUT2D eigenvalue weighted by Gasteiger charge is 2.15. The molecule has 0 spiro atoms. The topological polar surface area (TPSA) is 66.9 Å². The average Bonchev–Trinajstić information content (AvgIpc) is 2.11. The summed E-state index contributed by atoms with van der Waals surface area (Å²) < 4.78 is 0.609. The lowest BCUT2D eigenvalue weighted by atomic mass is 10.1. The summed E-state index contributed by atoms with van der Waals surface area (Å²) in [5.41, 5.74) is 0.295. The molecule has 0 amide bonds. The van der Waals surface area contributed by atoms with E-state index < -0.39 is 4.92 Å². The van der Waals surface area contributed by atoms with Crippen molar-refractivity contribution >= 4 is 39.9 Å². The van der Waals surface area contributed by atoms with E-state index in [4.69, 9.17) is 16.9 Å². The highest BCUT2D eigenvalue weighted by molar-refractivity contribution is 14.1. The van der Waals surface area contributed by atoms with E-state index in [1.54, 1.807) is 0 Å². The summed E-state index contributed by atoms with van der Waals surface area (Å²) in [5, 5.41) is 19.5. The van der Waals surface area contributed by atoms with Crippen molar-refractivity contribution in [3.8, 4) is 6.07 Å². The van der Waals surface area contributed by atoms with E-state index in [0.717, 1.165) is 0 Å². The number of benzene rings is 1. The van der Waals surface area contributed by atoms with E-state index in [9.17, 15) is 10.1 Å². The summed E-state index contributed by atoms with van der Waals surface area (Å²) in [5.74, 6) is 0.